The summed E-state index contributed by atoms with van der Waals surface area (Å²) in [6.45, 7) is 13.6. The second kappa shape index (κ2) is 9.32. The highest BCUT2D eigenvalue weighted by Crippen LogP contribution is 2.28. The van der Waals surface area contributed by atoms with Gasteiger partial charge in [-0.2, -0.15) is 4.98 Å². The van der Waals surface area contributed by atoms with Crippen molar-refractivity contribution in [2.45, 2.75) is 53.6 Å². The first-order valence-electron chi connectivity index (χ1n) is 10.5. The van der Waals surface area contributed by atoms with E-state index in [4.69, 9.17) is 9.47 Å². The predicted molar refractivity (Wildman–Crippen MR) is 118 cm³/mol. The number of benzene rings is 1. The molecule has 7 heteroatoms. The fourth-order valence-corrected chi connectivity index (χ4v) is 3.38. The lowest BCUT2D eigenvalue weighted by Crippen LogP contribution is -2.37. The van der Waals surface area contributed by atoms with Crippen LogP contribution < -0.4 is 15.0 Å². The summed E-state index contributed by atoms with van der Waals surface area (Å²) in [6.07, 6.45) is 1.30. The van der Waals surface area contributed by atoms with Gasteiger partial charge in [0.2, 0.25) is 5.95 Å². The van der Waals surface area contributed by atoms with Crippen molar-refractivity contribution in [1.29, 1.82) is 0 Å². The summed E-state index contributed by atoms with van der Waals surface area (Å²) < 4.78 is 11.1. The molecule has 2 atom stereocenters. The number of cyclic esters (lactones) is 1. The number of rotatable bonds is 8. The van der Waals surface area contributed by atoms with E-state index in [0.29, 0.717) is 30.9 Å². The molecule has 2 aromatic rings. The van der Waals surface area contributed by atoms with E-state index in [1.807, 2.05) is 13.0 Å². The van der Waals surface area contributed by atoms with E-state index in [9.17, 15) is 4.79 Å². The molecule has 1 N–H and O–H groups in total. The van der Waals surface area contributed by atoms with Crippen LogP contribution in [-0.4, -0.2) is 35.3 Å². The van der Waals surface area contributed by atoms with E-state index in [1.165, 1.54) is 0 Å². The Morgan fingerprint density at radius 3 is 2.67 bits per heavy atom. The second-order valence-corrected chi connectivity index (χ2v) is 8.59. The molecule has 0 spiro atoms. The summed E-state index contributed by atoms with van der Waals surface area (Å²) in [5, 5.41) is 3.34. The van der Waals surface area contributed by atoms with E-state index in [2.05, 4.69) is 62.0 Å². The van der Waals surface area contributed by atoms with Crippen LogP contribution in [0.5, 0.6) is 5.75 Å². The van der Waals surface area contributed by atoms with E-state index in [0.717, 1.165) is 16.9 Å². The second-order valence-electron chi connectivity index (χ2n) is 8.59. The fraction of sp³-hybridized carbons (Fsp3) is 0.522. The number of carbonyl (C=O) groups excluding carboxylic acids is 1. The molecule has 0 bridgehead atoms. The van der Waals surface area contributed by atoms with E-state index >= 15 is 0 Å². The number of nitrogens with one attached hydrogen (secondary N) is 1. The molecule has 1 fully saturated rings. The third-order valence-electron chi connectivity index (χ3n) is 5.18. The van der Waals surface area contributed by atoms with Crippen molar-refractivity contribution in [3.63, 3.8) is 0 Å². The number of aryl methyl sites for hydroxylation is 1. The minimum atomic E-state index is -0.362. The molecule has 7 nitrogen and oxygen atoms in total. The highest BCUT2D eigenvalue weighted by molar-refractivity contribution is 5.89. The monoisotopic (exact) mass is 412 g/mol. The van der Waals surface area contributed by atoms with Gasteiger partial charge >= 0.3 is 6.09 Å². The molecule has 1 aromatic heterocycles. The minimum absolute atomic E-state index is 0.00970. The van der Waals surface area contributed by atoms with E-state index in [-0.39, 0.29) is 24.1 Å². The van der Waals surface area contributed by atoms with Gasteiger partial charge in [-0.25, -0.2) is 9.78 Å². The van der Waals surface area contributed by atoms with Gasteiger partial charge in [-0.15, -0.1) is 0 Å². The minimum Gasteiger partial charge on any atom is -0.493 e. The number of hydrogen-bond donors (Lipinski definition) is 1. The van der Waals surface area contributed by atoms with Crippen LogP contribution in [0, 0.1) is 18.8 Å². The molecule has 2 heterocycles. The highest BCUT2D eigenvalue weighted by atomic mass is 16.6. The number of anilines is 2. The van der Waals surface area contributed by atoms with Crippen molar-refractivity contribution in [1.82, 2.24) is 9.97 Å². The summed E-state index contributed by atoms with van der Waals surface area (Å²) in [4.78, 5) is 22.7. The van der Waals surface area contributed by atoms with Crippen molar-refractivity contribution in [2.75, 3.05) is 23.4 Å². The van der Waals surface area contributed by atoms with Crippen LogP contribution in [0.3, 0.4) is 0 Å². The molecular formula is C23H32N4O3. The maximum atomic E-state index is 12.2. The SMILES string of the molecule is Cc1cc([C@H](C)Nc2nccc(N3C(=O)OCC3C(C)C)n2)ccc1OCC(C)C. The van der Waals surface area contributed by atoms with Crippen LogP contribution in [0.15, 0.2) is 30.5 Å². The van der Waals surface area contributed by atoms with Crippen LogP contribution in [0.2, 0.25) is 0 Å². The van der Waals surface area contributed by atoms with Crippen LogP contribution >= 0.6 is 0 Å². The summed E-state index contributed by atoms with van der Waals surface area (Å²) in [5.41, 5.74) is 2.20. The number of ether oxygens (including phenoxy) is 2. The number of hydrogen-bond acceptors (Lipinski definition) is 6. The van der Waals surface area contributed by atoms with Crippen molar-refractivity contribution < 1.29 is 14.3 Å². The molecular weight excluding hydrogens is 380 g/mol. The lowest BCUT2D eigenvalue weighted by molar-refractivity contribution is 0.177. The first-order chi connectivity index (χ1) is 14.3. The largest absolute Gasteiger partial charge is 0.493 e. The normalized spacial score (nSPS) is 17.4. The predicted octanol–water partition coefficient (Wildman–Crippen LogP) is 4.97. The van der Waals surface area contributed by atoms with Gasteiger partial charge in [0.25, 0.3) is 0 Å². The summed E-state index contributed by atoms with van der Waals surface area (Å²) in [6, 6.07) is 7.88. The average Bonchev–Trinajstić information content (AvgIpc) is 3.09. The number of nitrogens with zero attached hydrogens (tertiary/aromatic N) is 3. The number of carbonyl (C=O) groups is 1. The molecule has 0 saturated carbocycles. The van der Waals surface area contributed by atoms with Crippen molar-refractivity contribution in [2.24, 2.45) is 11.8 Å². The molecule has 30 heavy (non-hydrogen) atoms. The van der Waals surface area contributed by atoms with Gasteiger partial charge in [0.15, 0.2) is 0 Å². The van der Waals surface area contributed by atoms with E-state index < -0.39 is 0 Å². The van der Waals surface area contributed by atoms with Gasteiger partial charge in [0.1, 0.15) is 18.2 Å². The molecule has 1 saturated heterocycles. The van der Waals surface area contributed by atoms with Gasteiger partial charge in [-0.1, -0.05) is 39.8 Å². The lowest BCUT2D eigenvalue weighted by atomic mass is 10.0. The zero-order valence-corrected chi connectivity index (χ0v) is 18.7. The zero-order valence-electron chi connectivity index (χ0n) is 18.7. The third-order valence-corrected chi connectivity index (χ3v) is 5.18. The van der Waals surface area contributed by atoms with Crippen LogP contribution in [-0.2, 0) is 4.74 Å². The molecule has 162 valence electrons. The Morgan fingerprint density at radius 2 is 2.00 bits per heavy atom. The highest BCUT2D eigenvalue weighted by Gasteiger charge is 2.37. The molecule has 0 aliphatic carbocycles. The molecule has 3 rings (SSSR count). The number of aromatic nitrogens is 2. The Kier molecular flexibility index (Phi) is 6.80. The van der Waals surface area contributed by atoms with Crippen molar-refractivity contribution in [3.05, 3.63) is 41.6 Å². The Bertz CT molecular complexity index is 885. The molecule has 1 amide bonds. The zero-order chi connectivity index (χ0) is 21.8. The Labute approximate surface area is 178 Å². The van der Waals surface area contributed by atoms with Gasteiger partial charge in [0, 0.05) is 6.20 Å². The molecule has 1 aliphatic rings. The topological polar surface area (TPSA) is 76.6 Å². The standard InChI is InChI=1S/C23H32N4O3/c1-14(2)12-29-20-8-7-18(11-16(20)5)17(6)25-22-24-10-9-21(26-22)27-19(15(3)4)13-30-23(27)28/h7-11,14-15,17,19H,12-13H2,1-6H3,(H,24,25,26)/t17-,19?/m0/s1. The smallest absolute Gasteiger partial charge is 0.415 e. The fourth-order valence-electron chi connectivity index (χ4n) is 3.38. The van der Waals surface area contributed by atoms with E-state index in [1.54, 1.807) is 17.2 Å². The van der Waals surface area contributed by atoms with Gasteiger partial charge in [0.05, 0.1) is 18.7 Å². The van der Waals surface area contributed by atoms with Gasteiger partial charge in [-0.3, -0.25) is 4.90 Å². The molecule has 0 radical (unpaired) electrons. The summed E-state index contributed by atoms with van der Waals surface area (Å²) in [7, 11) is 0. The third kappa shape index (κ3) is 5.01. The Balaban J connectivity index is 1.73. The van der Waals surface area contributed by atoms with Crippen molar-refractivity contribution >= 4 is 17.9 Å². The Hall–Kier alpha value is -2.83. The van der Waals surface area contributed by atoms with Crippen LogP contribution in [0.25, 0.3) is 0 Å². The summed E-state index contributed by atoms with van der Waals surface area (Å²) in [5.74, 6) is 2.68. The Morgan fingerprint density at radius 1 is 1.23 bits per heavy atom. The first-order valence-corrected chi connectivity index (χ1v) is 10.5. The first kappa shape index (κ1) is 21.9. The summed E-state index contributed by atoms with van der Waals surface area (Å²) >= 11 is 0. The van der Waals surface area contributed by atoms with Gasteiger partial charge in [-0.05, 0) is 48.9 Å². The average molecular weight is 413 g/mol. The quantitative estimate of drug-likeness (QED) is 0.659. The number of amides is 1. The van der Waals surface area contributed by atoms with Gasteiger partial charge < -0.3 is 14.8 Å². The maximum Gasteiger partial charge on any atom is 0.415 e. The maximum absolute atomic E-state index is 12.2. The van der Waals surface area contributed by atoms with Crippen LogP contribution in [0.4, 0.5) is 16.6 Å². The molecule has 1 aliphatic heterocycles. The molecule has 1 aromatic carbocycles. The molecule has 1 unspecified atom stereocenters. The van der Waals surface area contributed by atoms with Crippen molar-refractivity contribution in [3.8, 4) is 5.75 Å². The van der Waals surface area contributed by atoms with Crippen LogP contribution in [0.1, 0.15) is 51.8 Å². The lowest BCUT2D eigenvalue weighted by Gasteiger charge is -2.24.